The fourth-order valence-electron chi connectivity index (χ4n) is 4.76. The Balaban J connectivity index is 1.69. The van der Waals surface area contributed by atoms with Gasteiger partial charge in [0.05, 0.1) is 24.3 Å². The summed E-state index contributed by atoms with van der Waals surface area (Å²) in [5.41, 5.74) is 2.95. The van der Waals surface area contributed by atoms with Crippen molar-refractivity contribution in [2.45, 2.75) is 56.9 Å². The first-order valence-corrected chi connectivity index (χ1v) is 13.4. The van der Waals surface area contributed by atoms with Crippen LogP contribution in [0.2, 0.25) is 0 Å². The third-order valence-corrected chi connectivity index (χ3v) is 8.61. The number of ether oxygens (including phenoxy) is 3. The van der Waals surface area contributed by atoms with Gasteiger partial charge in [-0.05, 0) is 74.8 Å². The van der Waals surface area contributed by atoms with Gasteiger partial charge in [-0.3, -0.25) is 4.31 Å². The highest BCUT2D eigenvalue weighted by Gasteiger charge is 2.36. The summed E-state index contributed by atoms with van der Waals surface area (Å²) in [6.45, 7) is 5.84. The van der Waals surface area contributed by atoms with Crippen molar-refractivity contribution in [2.24, 2.45) is 5.92 Å². The summed E-state index contributed by atoms with van der Waals surface area (Å²) in [4.78, 5) is 12.6. The molecular formula is C26H33NO6S. The van der Waals surface area contributed by atoms with Crippen LogP contribution in [0.5, 0.6) is 5.75 Å². The van der Waals surface area contributed by atoms with Crippen LogP contribution in [0, 0.1) is 12.8 Å². The number of fused-ring (bicyclic) bond motifs is 1. The highest BCUT2D eigenvalue weighted by atomic mass is 32.2. The van der Waals surface area contributed by atoms with E-state index in [1.807, 2.05) is 26.0 Å². The van der Waals surface area contributed by atoms with E-state index >= 15 is 0 Å². The fraction of sp³-hybridized carbons (Fsp3) is 0.500. The molecule has 2 aliphatic heterocycles. The Kier molecular flexibility index (Phi) is 7.48. The van der Waals surface area contributed by atoms with Gasteiger partial charge in [-0.2, -0.15) is 0 Å². The van der Waals surface area contributed by atoms with Crippen molar-refractivity contribution in [2.75, 3.05) is 31.2 Å². The van der Waals surface area contributed by atoms with Crippen LogP contribution in [-0.4, -0.2) is 47.4 Å². The summed E-state index contributed by atoms with van der Waals surface area (Å²) < 4.78 is 45.6. The maximum Gasteiger partial charge on any atom is 0.341 e. The molecule has 34 heavy (non-hydrogen) atoms. The summed E-state index contributed by atoms with van der Waals surface area (Å²) in [6, 6.07) is 10.2. The molecule has 0 bridgehead atoms. The summed E-state index contributed by atoms with van der Waals surface area (Å²) in [6.07, 6.45) is 4.08. The van der Waals surface area contributed by atoms with Gasteiger partial charge in [0.25, 0.3) is 10.0 Å². The molecule has 1 unspecified atom stereocenters. The van der Waals surface area contributed by atoms with Crippen molar-refractivity contribution < 1.29 is 27.4 Å². The summed E-state index contributed by atoms with van der Waals surface area (Å²) in [5.74, 6) is 0.0426. The Morgan fingerprint density at radius 1 is 1.12 bits per heavy atom. The number of aryl methyl sites for hydroxylation is 2. The van der Waals surface area contributed by atoms with Gasteiger partial charge < -0.3 is 14.2 Å². The molecule has 4 rings (SSSR count). The highest BCUT2D eigenvalue weighted by Crippen LogP contribution is 2.38. The molecule has 2 heterocycles. The molecule has 0 spiro atoms. The van der Waals surface area contributed by atoms with Crippen LogP contribution in [0.25, 0.3) is 0 Å². The van der Waals surface area contributed by atoms with Gasteiger partial charge >= 0.3 is 5.97 Å². The number of carbonyl (C=O) groups excluding carboxylic acids is 1. The Morgan fingerprint density at radius 3 is 2.59 bits per heavy atom. The van der Waals surface area contributed by atoms with Gasteiger partial charge in [-0.15, -0.1) is 0 Å². The zero-order valence-corrected chi connectivity index (χ0v) is 20.9. The lowest BCUT2D eigenvalue weighted by Gasteiger charge is -2.37. The van der Waals surface area contributed by atoms with E-state index in [0.29, 0.717) is 43.6 Å². The van der Waals surface area contributed by atoms with E-state index in [1.54, 1.807) is 6.07 Å². The third-order valence-electron chi connectivity index (χ3n) is 6.75. The van der Waals surface area contributed by atoms with Gasteiger partial charge in [0, 0.05) is 19.3 Å². The molecule has 1 fully saturated rings. The second-order valence-corrected chi connectivity index (χ2v) is 10.9. The van der Waals surface area contributed by atoms with Crippen LogP contribution in [-0.2, 0) is 25.9 Å². The number of nitrogens with zero attached hydrogens (tertiary/aromatic N) is 1. The minimum atomic E-state index is -3.91. The SMILES string of the molecule is CCC1CCc2cc(C)ccc2N1S(=O)(=O)c1ccc(OCC2CCOCC2)c(C(=O)OC)c1. The lowest BCUT2D eigenvalue weighted by atomic mass is 9.95. The standard InChI is InChI=1S/C26H33NO6S/c1-4-21-7-6-20-15-18(2)5-9-24(20)27(21)34(29,30)22-8-10-25(23(16-22)26(28)31-3)33-17-19-11-13-32-14-12-19/h5,8-10,15-16,19,21H,4,6-7,11-14,17H2,1-3H3. The number of benzene rings is 2. The minimum absolute atomic E-state index is 0.0539. The van der Waals surface area contributed by atoms with Crippen LogP contribution in [0.1, 0.15) is 54.1 Å². The van der Waals surface area contributed by atoms with Crippen LogP contribution in [0.15, 0.2) is 41.3 Å². The first-order chi connectivity index (χ1) is 16.3. The van der Waals surface area contributed by atoms with Crippen molar-refractivity contribution in [3.8, 4) is 5.75 Å². The molecule has 0 aromatic heterocycles. The molecule has 2 aromatic carbocycles. The number of sulfonamides is 1. The van der Waals surface area contributed by atoms with Gasteiger partial charge in [0.2, 0.25) is 0 Å². The molecule has 1 atom stereocenters. The van der Waals surface area contributed by atoms with E-state index < -0.39 is 16.0 Å². The van der Waals surface area contributed by atoms with E-state index in [4.69, 9.17) is 14.2 Å². The Bertz CT molecular complexity index is 1140. The predicted molar refractivity (Wildman–Crippen MR) is 130 cm³/mol. The largest absolute Gasteiger partial charge is 0.492 e. The zero-order chi connectivity index (χ0) is 24.3. The summed E-state index contributed by atoms with van der Waals surface area (Å²) in [5, 5.41) is 0. The van der Waals surface area contributed by atoms with Gasteiger partial charge in [-0.1, -0.05) is 24.6 Å². The Labute approximate surface area is 202 Å². The second-order valence-electron chi connectivity index (χ2n) is 9.05. The molecule has 7 nitrogen and oxygen atoms in total. The van der Waals surface area contributed by atoms with Crippen LogP contribution in [0.3, 0.4) is 0 Å². The van der Waals surface area contributed by atoms with Crippen LogP contribution in [0.4, 0.5) is 5.69 Å². The Hall–Kier alpha value is -2.58. The molecule has 0 N–H and O–H groups in total. The number of esters is 1. The van der Waals surface area contributed by atoms with E-state index in [1.165, 1.54) is 23.5 Å². The molecule has 0 saturated carbocycles. The van der Waals surface area contributed by atoms with Crippen molar-refractivity contribution in [3.63, 3.8) is 0 Å². The average Bonchev–Trinajstić information content (AvgIpc) is 2.86. The predicted octanol–water partition coefficient (Wildman–Crippen LogP) is 4.51. The highest BCUT2D eigenvalue weighted by molar-refractivity contribution is 7.92. The van der Waals surface area contributed by atoms with E-state index in [-0.39, 0.29) is 16.5 Å². The molecule has 8 heteroatoms. The molecule has 2 aliphatic rings. The number of anilines is 1. The fourth-order valence-corrected chi connectivity index (χ4v) is 6.58. The normalized spacial score (nSPS) is 18.9. The van der Waals surface area contributed by atoms with Gasteiger partial charge in [0.15, 0.2) is 0 Å². The minimum Gasteiger partial charge on any atom is -0.492 e. The molecule has 0 radical (unpaired) electrons. The molecule has 2 aromatic rings. The molecule has 1 saturated heterocycles. The first-order valence-electron chi connectivity index (χ1n) is 11.9. The third kappa shape index (κ3) is 4.93. The molecular weight excluding hydrogens is 454 g/mol. The molecule has 0 aliphatic carbocycles. The topological polar surface area (TPSA) is 82.1 Å². The maximum atomic E-state index is 13.9. The Morgan fingerprint density at radius 2 is 1.88 bits per heavy atom. The quantitative estimate of drug-likeness (QED) is 0.535. The van der Waals surface area contributed by atoms with Gasteiger partial charge in [0.1, 0.15) is 11.3 Å². The van der Waals surface area contributed by atoms with Crippen molar-refractivity contribution in [3.05, 3.63) is 53.1 Å². The van der Waals surface area contributed by atoms with Gasteiger partial charge in [-0.25, -0.2) is 13.2 Å². The zero-order valence-electron chi connectivity index (χ0n) is 20.1. The maximum absolute atomic E-state index is 13.9. The molecule has 184 valence electrons. The number of rotatable bonds is 7. The second kappa shape index (κ2) is 10.4. The lowest BCUT2D eigenvalue weighted by Crippen LogP contribution is -2.43. The van der Waals surface area contributed by atoms with Crippen LogP contribution >= 0.6 is 0 Å². The van der Waals surface area contributed by atoms with Crippen molar-refractivity contribution >= 4 is 21.7 Å². The van der Waals surface area contributed by atoms with Crippen LogP contribution < -0.4 is 9.04 Å². The van der Waals surface area contributed by atoms with Crippen molar-refractivity contribution in [1.29, 1.82) is 0 Å². The smallest absolute Gasteiger partial charge is 0.341 e. The summed E-state index contributed by atoms with van der Waals surface area (Å²) in [7, 11) is -2.63. The van der Waals surface area contributed by atoms with E-state index in [2.05, 4.69) is 6.07 Å². The monoisotopic (exact) mass is 487 g/mol. The first kappa shape index (κ1) is 24.5. The van der Waals surface area contributed by atoms with E-state index in [9.17, 15) is 13.2 Å². The van der Waals surface area contributed by atoms with E-state index in [0.717, 1.165) is 36.8 Å². The number of hydrogen-bond donors (Lipinski definition) is 0. The lowest BCUT2D eigenvalue weighted by molar-refractivity contribution is 0.0483. The number of methoxy groups -OCH3 is 1. The average molecular weight is 488 g/mol. The summed E-state index contributed by atoms with van der Waals surface area (Å²) >= 11 is 0. The number of carbonyl (C=O) groups is 1. The number of hydrogen-bond acceptors (Lipinski definition) is 6. The van der Waals surface area contributed by atoms with Crippen molar-refractivity contribution in [1.82, 2.24) is 0 Å². The molecule has 0 amide bonds.